The molecule has 1 aromatic rings. The number of hydrogen-bond donors (Lipinski definition) is 1. The first-order valence-corrected chi connectivity index (χ1v) is 6.12. The monoisotopic (exact) mass is 285 g/mol. The van der Waals surface area contributed by atoms with Gasteiger partial charge in [-0.05, 0) is 36.9 Å². The second-order valence-corrected chi connectivity index (χ2v) is 4.98. The van der Waals surface area contributed by atoms with Gasteiger partial charge in [-0.1, -0.05) is 15.9 Å². The molecule has 1 saturated carbocycles. The van der Waals surface area contributed by atoms with Gasteiger partial charge in [0.1, 0.15) is 0 Å². The molecule has 4 heteroatoms. The fourth-order valence-corrected chi connectivity index (χ4v) is 2.58. The largest absolute Gasteiger partial charge is 0.493 e. The Morgan fingerprint density at radius 1 is 1.38 bits per heavy atom. The molecule has 3 nitrogen and oxygen atoms in total. The molecule has 16 heavy (non-hydrogen) atoms. The summed E-state index contributed by atoms with van der Waals surface area (Å²) in [5, 5.41) is 0. The molecule has 88 valence electrons. The zero-order valence-corrected chi connectivity index (χ0v) is 11.1. The molecule has 0 spiro atoms. The van der Waals surface area contributed by atoms with E-state index in [-0.39, 0.29) is 0 Å². The number of methoxy groups -OCH3 is 2. The third kappa shape index (κ3) is 2.04. The van der Waals surface area contributed by atoms with Gasteiger partial charge in [0, 0.05) is 10.0 Å². The maximum atomic E-state index is 5.68. The summed E-state index contributed by atoms with van der Waals surface area (Å²) in [6.45, 7) is 0.739. The van der Waals surface area contributed by atoms with Crippen LogP contribution in [0.25, 0.3) is 0 Å². The van der Waals surface area contributed by atoms with Crippen molar-refractivity contribution in [3.05, 3.63) is 22.2 Å². The fraction of sp³-hybridized carbons (Fsp3) is 0.500. The van der Waals surface area contributed by atoms with Gasteiger partial charge in [0.15, 0.2) is 11.5 Å². The van der Waals surface area contributed by atoms with Crippen molar-refractivity contribution in [2.75, 3.05) is 20.8 Å². The number of hydrogen-bond acceptors (Lipinski definition) is 3. The van der Waals surface area contributed by atoms with Gasteiger partial charge < -0.3 is 15.2 Å². The van der Waals surface area contributed by atoms with E-state index in [2.05, 4.69) is 22.0 Å². The van der Waals surface area contributed by atoms with Crippen LogP contribution in [0.3, 0.4) is 0 Å². The zero-order chi connectivity index (χ0) is 11.7. The second-order valence-electron chi connectivity index (χ2n) is 4.07. The topological polar surface area (TPSA) is 44.5 Å². The van der Waals surface area contributed by atoms with E-state index >= 15 is 0 Å². The zero-order valence-electron chi connectivity index (χ0n) is 9.50. The van der Waals surface area contributed by atoms with Gasteiger partial charge in [-0.15, -0.1) is 0 Å². The molecule has 0 radical (unpaired) electrons. The summed E-state index contributed by atoms with van der Waals surface area (Å²) in [6.07, 6.45) is 1.15. The second kappa shape index (κ2) is 4.63. The average Bonchev–Trinajstić information content (AvgIpc) is 3.06. The van der Waals surface area contributed by atoms with Crippen molar-refractivity contribution in [1.82, 2.24) is 0 Å². The van der Waals surface area contributed by atoms with E-state index in [4.69, 9.17) is 15.2 Å². The molecule has 1 aromatic carbocycles. The van der Waals surface area contributed by atoms with Crippen LogP contribution < -0.4 is 15.2 Å². The molecule has 0 heterocycles. The predicted molar refractivity (Wildman–Crippen MR) is 67.1 cm³/mol. The van der Waals surface area contributed by atoms with Gasteiger partial charge in [0.25, 0.3) is 0 Å². The first-order valence-electron chi connectivity index (χ1n) is 5.32. The Morgan fingerprint density at radius 3 is 2.62 bits per heavy atom. The van der Waals surface area contributed by atoms with Gasteiger partial charge in [-0.2, -0.15) is 0 Å². The molecule has 0 saturated heterocycles. The Hall–Kier alpha value is -0.740. The highest BCUT2D eigenvalue weighted by molar-refractivity contribution is 9.10. The molecule has 1 aliphatic carbocycles. The molecular formula is C12H16BrNO2. The molecule has 0 bridgehead atoms. The Kier molecular flexibility index (Phi) is 3.40. The lowest BCUT2D eigenvalue weighted by Crippen LogP contribution is -2.03. The van der Waals surface area contributed by atoms with E-state index in [0.717, 1.165) is 28.9 Å². The molecule has 2 unspecified atom stereocenters. The third-order valence-electron chi connectivity index (χ3n) is 3.10. The standard InChI is InChI=1S/C12H16BrNO2/c1-15-11-5-8(13)4-10(12(11)16-2)9-3-7(9)6-14/h4-5,7,9H,3,6,14H2,1-2H3. The summed E-state index contributed by atoms with van der Waals surface area (Å²) in [5.74, 6) is 2.72. The maximum absolute atomic E-state index is 5.68. The molecule has 0 aromatic heterocycles. The summed E-state index contributed by atoms with van der Waals surface area (Å²) >= 11 is 3.49. The Balaban J connectivity index is 2.39. The van der Waals surface area contributed by atoms with Crippen molar-refractivity contribution in [1.29, 1.82) is 0 Å². The minimum Gasteiger partial charge on any atom is -0.493 e. The highest BCUT2D eigenvalue weighted by Crippen LogP contribution is 2.52. The number of rotatable bonds is 4. The predicted octanol–water partition coefficient (Wildman–Crippen LogP) is 2.53. The van der Waals surface area contributed by atoms with Gasteiger partial charge in [0.2, 0.25) is 0 Å². The Labute approximate surface area is 104 Å². The van der Waals surface area contributed by atoms with Gasteiger partial charge >= 0.3 is 0 Å². The Morgan fingerprint density at radius 2 is 2.12 bits per heavy atom. The maximum Gasteiger partial charge on any atom is 0.164 e. The van der Waals surface area contributed by atoms with Gasteiger partial charge in [0.05, 0.1) is 14.2 Å². The van der Waals surface area contributed by atoms with Crippen molar-refractivity contribution >= 4 is 15.9 Å². The van der Waals surface area contributed by atoms with Crippen molar-refractivity contribution in [2.24, 2.45) is 11.7 Å². The van der Waals surface area contributed by atoms with Crippen LogP contribution in [0, 0.1) is 5.92 Å². The van der Waals surface area contributed by atoms with Crippen molar-refractivity contribution in [3.8, 4) is 11.5 Å². The quantitative estimate of drug-likeness (QED) is 0.925. The molecule has 1 aliphatic rings. The normalized spacial score (nSPS) is 23.0. The minimum atomic E-state index is 0.520. The highest BCUT2D eigenvalue weighted by atomic mass is 79.9. The van der Waals surface area contributed by atoms with Gasteiger partial charge in [-0.3, -0.25) is 0 Å². The lowest BCUT2D eigenvalue weighted by Gasteiger charge is -2.13. The van der Waals surface area contributed by atoms with Crippen LogP contribution in [0.15, 0.2) is 16.6 Å². The molecule has 0 aliphatic heterocycles. The van der Waals surface area contributed by atoms with Crippen LogP contribution in [0.1, 0.15) is 17.9 Å². The van der Waals surface area contributed by atoms with E-state index in [0.29, 0.717) is 11.8 Å². The molecule has 0 amide bonds. The van der Waals surface area contributed by atoms with Crippen LogP contribution >= 0.6 is 15.9 Å². The van der Waals surface area contributed by atoms with Crippen molar-refractivity contribution in [3.63, 3.8) is 0 Å². The molecule has 2 N–H and O–H groups in total. The molecule has 1 fully saturated rings. The first kappa shape index (κ1) is 11.7. The summed E-state index contributed by atoms with van der Waals surface area (Å²) in [5.41, 5.74) is 6.88. The Bertz CT molecular complexity index is 395. The number of nitrogens with two attached hydrogens (primary N) is 1. The smallest absolute Gasteiger partial charge is 0.164 e. The fourth-order valence-electron chi connectivity index (χ4n) is 2.12. The van der Waals surface area contributed by atoms with Gasteiger partial charge in [-0.25, -0.2) is 0 Å². The summed E-state index contributed by atoms with van der Waals surface area (Å²) in [4.78, 5) is 0. The summed E-state index contributed by atoms with van der Waals surface area (Å²) in [7, 11) is 3.33. The number of benzene rings is 1. The van der Waals surface area contributed by atoms with Crippen LogP contribution in [-0.4, -0.2) is 20.8 Å². The molecular weight excluding hydrogens is 270 g/mol. The van der Waals surface area contributed by atoms with Crippen LogP contribution in [0.4, 0.5) is 0 Å². The van der Waals surface area contributed by atoms with E-state index < -0.39 is 0 Å². The highest BCUT2D eigenvalue weighted by Gasteiger charge is 2.39. The van der Waals surface area contributed by atoms with Crippen LogP contribution in [0.5, 0.6) is 11.5 Å². The van der Waals surface area contributed by atoms with Crippen LogP contribution in [0.2, 0.25) is 0 Å². The lowest BCUT2D eigenvalue weighted by atomic mass is 10.1. The number of halogens is 1. The minimum absolute atomic E-state index is 0.520. The van der Waals surface area contributed by atoms with Crippen molar-refractivity contribution < 1.29 is 9.47 Å². The van der Waals surface area contributed by atoms with E-state index in [1.165, 1.54) is 5.56 Å². The number of ether oxygens (including phenoxy) is 2. The van der Waals surface area contributed by atoms with Crippen LogP contribution in [-0.2, 0) is 0 Å². The average molecular weight is 286 g/mol. The summed E-state index contributed by atoms with van der Waals surface area (Å²) in [6, 6.07) is 4.02. The lowest BCUT2D eigenvalue weighted by molar-refractivity contribution is 0.351. The molecule has 2 atom stereocenters. The third-order valence-corrected chi connectivity index (χ3v) is 3.56. The van der Waals surface area contributed by atoms with E-state index in [1.807, 2.05) is 6.07 Å². The van der Waals surface area contributed by atoms with E-state index in [9.17, 15) is 0 Å². The SMILES string of the molecule is COc1cc(Br)cc(C2CC2CN)c1OC. The molecule has 2 rings (SSSR count). The first-order chi connectivity index (χ1) is 7.71. The van der Waals surface area contributed by atoms with E-state index in [1.54, 1.807) is 14.2 Å². The summed E-state index contributed by atoms with van der Waals surface area (Å²) < 4.78 is 11.8. The van der Waals surface area contributed by atoms with Crippen molar-refractivity contribution in [2.45, 2.75) is 12.3 Å².